The first-order chi connectivity index (χ1) is 17.5. The summed E-state index contributed by atoms with van der Waals surface area (Å²) in [4.78, 5) is 9.85. The molecule has 3 aromatic carbocycles. The monoisotopic (exact) mass is 501 g/mol. The third-order valence-corrected chi connectivity index (χ3v) is 8.15. The Labute approximate surface area is 212 Å². The standard InChI is InChI=1S/C28H31N5O2S/c1-20-11-17-24(18-12-20)36(34,35)29-19-21-13-15-23(16-14-21)31-28-32-26-10-6-5-9-25(26)27(33-28)30-22-7-3-2-4-8-22/h2-12,17-18,21,23,29H,13-16,19H2,1H3,(H2,30,31,32,33). The number of aromatic nitrogens is 2. The molecular weight excluding hydrogens is 470 g/mol. The van der Waals surface area contributed by atoms with E-state index in [0.717, 1.165) is 53.7 Å². The molecule has 0 amide bonds. The van der Waals surface area contributed by atoms with Gasteiger partial charge in [-0.1, -0.05) is 48.0 Å². The zero-order valence-corrected chi connectivity index (χ0v) is 21.1. The van der Waals surface area contributed by atoms with Gasteiger partial charge in [0.2, 0.25) is 16.0 Å². The summed E-state index contributed by atoms with van der Waals surface area (Å²) < 4.78 is 28.0. The average Bonchev–Trinajstić information content (AvgIpc) is 2.89. The summed E-state index contributed by atoms with van der Waals surface area (Å²) in [5.41, 5.74) is 2.90. The number of para-hydroxylation sites is 2. The van der Waals surface area contributed by atoms with Crippen LogP contribution in [-0.2, 0) is 10.0 Å². The fourth-order valence-electron chi connectivity index (χ4n) is 4.62. The molecule has 7 nitrogen and oxygen atoms in total. The van der Waals surface area contributed by atoms with Crippen LogP contribution in [0.1, 0.15) is 31.2 Å². The van der Waals surface area contributed by atoms with Crippen LogP contribution >= 0.6 is 0 Å². The van der Waals surface area contributed by atoms with Gasteiger partial charge in [0.05, 0.1) is 10.4 Å². The first-order valence-corrected chi connectivity index (χ1v) is 13.9. The van der Waals surface area contributed by atoms with Crippen LogP contribution in [0.5, 0.6) is 0 Å². The summed E-state index contributed by atoms with van der Waals surface area (Å²) in [6, 6.07) is 25.2. The van der Waals surface area contributed by atoms with Crippen molar-refractivity contribution in [2.24, 2.45) is 5.92 Å². The minimum absolute atomic E-state index is 0.251. The van der Waals surface area contributed by atoms with Crippen molar-refractivity contribution in [1.82, 2.24) is 14.7 Å². The van der Waals surface area contributed by atoms with Gasteiger partial charge < -0.3 is 10.6 Å². The van der Waals surface area contributed by atoms with Crippen molar-refractivity contribution in [3.8, 4) is 0 Å². The molecule has 0 unspecified atom stereocenters. The van der Waals surface area contributed by atoms with E-state index in [4.69, 9.17) is 9.97 Å². The lowest BCUT2D eigenvalue weighted by Gasteiger charge is -2.29. The molecule has 1 aliphatic rings. The van der Waals surface area contributed by atoms with E-state index in [2.05, 4.69) is 15.4 Å². The second kappa shape index (κ2) is 10.6. The third kappa shape index (κ3) is 5.83. The lowest BCUT2D eigenvalue weighted by molar-refractivity contribution is 0.336. The maximum absolute atomic E-state index is 12.6. The van der Waals surface area contributed by atoms with Gasteiger partial charge in [-0.25, -0.2) is 18.1 Å². The predicted octanol–water partition coefficient (Wildman–Crippen LogP) is 5.63. The van der Waals surface area contributed by atoms with Gasteiger partial charge in [0.1, 0.15) is 5.82 Å². The van der Waals surface area contributed by atoms with Crippen molar-refractivity contribution < 1.29 is 8.42 Å². The van der Waals surface area contributed by atoms with Gasteiger partial charge in [0.15, 0.2) is 0 Å². The lowest BCUT2D eigenvalue weighted by atomic mass is 9.86. The zero-order valence-electron chi connectivity index (χ0n) is 20.3. The van der Waals surface area contributed by atoms with Crippen LogP contribution in [0.4, 0.5) is 17.5 Å². The van der Waals surface area contributed by atoms with Crippen LogP contribution in [0.2, 0.25) is 0 Å². The predicted molar refractivity (Wildman–Crippen MR) is 145 cm³/mol. The molecule has 8 heteroatoms. The van der Waals surface area contributed by atoms with Crippen molar-refractivity contribution in [2.45, 2.75) is 43.5 Å². The molecule has 5 rings (SSSR count). The highest BCUT2D eigenvalue weighted by Gasteiger charge is 2.24. The molecule has 1 aromatic heterocycles. The Morgan fingerprint density at radius 3 is 2.28 bits per heavy atom. The number of sulfonamides is 1. The highest BCUT2D eigenvalue weighted by atomic mass is 32.2. The van der Waals surface area contributed by atoms with Crippen LogP contribution in [0.3, 0.4) is 0 Å². The first-order valence-electron chi connectivity index (χ1n) is 12.4. The molecule has 0 bridgehead atoms. The van der Waals surface area contributed by atoms with Gasteiger partial charge in [0, 0.05) is 23.7 Å². The summed E-state index contributed by atoms with van der Waals surface area (Å²) in [6.07, 6.45) is 3.76. The molecule has 0 spiro atoms. The third-order valence-electron chi connectivity index (χ3n) is 6.71. The zero-order chi connectivity index (χ0) is 25.0. The van der Waals surface area contributed by atoms with Gasteiger partial charge in [0.25, 0.3) is 0 Å². The largest absolute Gasteiger partial charge is 0.351 e. The van der Waals surface area contributed by atoms with Gasteiger partial charge in [-0.2, -0.15) is 4.98 Å². The number of benzene rings is 3. The van der Waals surface area contributed by atoms with E-state index >= 15 is 0 Å². The smallest absolute Gasteiger partial charge is 0.240 e. The molecule has 0 saturated heterocycles. The summed E-state index contributed by atoms with van der Waals surface area (Å²) in [5, 5.41) is 7.91. The molecule has 3 N–H and O–H groups in total. The number of nitrogens with zero attached hydrogens (tertiary/aromatic N) is 2. The maximum atomic E-state index is 12.6. The molecular formula is C28H31N5O2S. The molecule has 1 heterocycles. The van der Waals surface area contributed by atoms with Gasteiger partial charge in [-0.05, 0) is 74.9 Å². The fourth-order valence-corrected chi connectivity index (χ4v) is 5.73. The Bertz CT molecular complexity index is 1420. The van der Waals surface area contributed by atoms with Crippen molar-refractivity contribution >= 4 is 38.4 Å². The van der Waals surface area contributed by atoms with E-state index in [9.17, 15) is 8.42 Å². The van der Waals surface area contributed by atoms with Crippen LogP contribution < -0.4 is 15.4 Å². The lowest BCUT2D eigenvalue weighted by Crippen LogP contribution is -2.34. The number of nitrogens with one attached hydrogen (secondary N) is 3. The highest BCUT2D eigenvalue weighted by molar-refractivity contribution is 7.89. The SMILES string of the molecule is Cc1ccc(S(=O)(=O)NCC2CCC(Nc3nc(Nc4ccccc4)c4ccccc4n3)CC2)cc1. The Balaban J connectivity index is 1.20. The van der Waals surface area contributed by atoms with Gasteiger partial charge >= 0.3 is 0 Å². The van der Waals surface area contributed by atoms with E-state index in [-0.39, 0.29) is 6.04 Å². The van der Waals surface area contributed by atoms with Gasteiger partial charge in [-0.3, -0.25) is 0 Å². The summed E-state index contributed by atoms with van der Waals surface area (Å²) >= 11 is 0. The summed E-state index contributed by atoms with van der Waals surface area (Å²) in [7, 11) is -3.48. The number of rotatable bonds is 8. The number of aryl methyl sites for hydroxylation is 1. The highest BCUT2D eigenvalue weighted by Crippen LogP contribution is 2.29. The van der Waals surface area contributed by atoms with Crippen molar-refractivity contribution in [3.05, 3.63) is 84.4 Å². The summed E-state index contributed by atoms with van der Waals surface area (Å²) in [6.45, 7) is 2.40. The molecule has 0 radical (unpaired) electrons. The molecule has 0 atom stereocenters. The second-order valence-electron chi connectivity index (χ2n) is 9.43. The van der Waals surface area contributed by atoms with E-state index in [1.165, 1.54) is 0 Å². The Hall–Kier alpha value is -3.49. The Morgan fingerprint density at radius 2 is 1.53 bits per heavy atom. The number of hydrogen-bond donors (Lipinski definition) is 3. The van der Waals surface area contributed by atoms with E-state index in [0.29, 0.717) is 23.3 Å². The van der Waals surface area contributed by atoms with E-state index in [1.807, 2.05) is 73.7 Å². The quantitative estimate of drug-likeness (QED) is 0.290. The number of anilines is 3. The van der Waals surface area contributed by atoms with Gasteiger partial charge in [-0.15, -0.1) is 0 Å². The fraction of sp³-hybridized carbons (Fsp3) is 0.286. The number of hydrogen-bond acceptors (Lipinski definition) is 6. The number of fused-ring (bicyclic) bond motifs is 1. The van der Waals surface area contributed by atoms with Crippen LogP contribution in [-0.4, -0.2) is 31.0 Å². The van der Waals surface area contributed by atoms with Crippen LogP contribution in [0.25, 0.3) is 10.9 Å². The van der Waals surface area contributed by atoms with Crippen LogP contribution in [0, 0.1) is 12.8 Å². The molecule has 1 fully saturated rings. The average molecular weight is 502 g/mol. The normalized spacial score (nSPS) is 18.1. The maximum Gasteiger partial charge on any atom is 0.240 e. The first kappa shape index (κ1) is 24.2. The Morgan fingerprint density at radius 1 is 0.833 bits per heavy atom. The topological polar surface area (TPSA) is 96.0 Å². The van der Waals surface area contributed by atoms with Crippen molar-refractivity contribution in [2.75, 3.05) is 17.2 Å². The minimum Gasteiger partial charge on any atom is -0.351 e. The minimum atomic E-state index is -3.48. The van der Waals surface area contributed by atoms with Crippen LogP contribution in [0.15, 0.2) is 83.8 Å². The molecule has 4 aromatic rings. The van der Waals surface area contributed by atoms with E-state index < -0.39 is 10.0 Å². The molecule has 1 aliphatic carbocycles. The molecule has 0 aliphatic heterocycles. The van der Waals surface area contributed by atoms with E-state index in [1.54, 1.807) is 12.1 Å². The van der Waals surface area contributed by atoms with Crippen molar-refractivity contribution in [3.63, 3.8) is 0 Å². The van der Waals surface area contributed by atoms with Crippen molar-refractivity contribution in [1.29, 1.82) is 0 Å². The Kier molecular flexibility index (Phi) is 7.16. The second-order valence-corrected chi connectivity index (χ2v) is 11.2. The molecule has 36 heavy (non-hydrogen) atoms. The molecule has 1 saturated carbocycles. The molecule has 186 valence electrons. The summed E-state index contributed by atoms with van der Waals surface area (Å²) in [5.74, 6) is 1.69.